The Morgan fingerprint density at radius 3 is 2.61 bits per heavy atom. The third kappa shape index (κ3) is 3.76. The van der Waals surface area contributed by atoms with Crippen molar-refractivity contribution >= 4 is 51.8 Å². The molecule has 4 aromatic rings. The van der Waals surface area contributed by atoms with E-state index in [4.69, 9.17) is 38.7 Å². The lowest BCUT2D eigenvalue weighted by Gasteiger charge is -2.10. The number of nitrogen functional groups attached to an aromatic ring is 1. The molecule has 2 heterocycles. The Balaban J connectivity index is 1.78. The minimum Gasteiger partial charge on any atom is -0.497 e. The zero-order valence-electron chi connectivity index (χ0n) is 14.9. The lowest BCUT2D eigenvalue weighted by Crippen LogP contribution is -2.02. The van der Waals surface area contributed by atoms with Gasteiger partial charge in [-0.3, -0.25) is 0 Å². The van der Waals surface area contributed by atoms with E-state index in [9.17, 15) is 0 Å². The molecule has 0 aliphatic heterocycles. The molecule has 2 aromatic heterocycles. The molecule has 0 saturated carbocycles. The van der Waals surface area contributed by atoms with Crippen LogP contribution in [-0.4, -0.2) is 21.6 Å². The van der Waals surface area contributed by atoms with Gasteiger partial charge in [-0.25, -0.2) is 9.97 Å². The molecule has 2 aromatic carbocycles. The summed E-state index contributed by atoms with van der Waals surface area (Å²) in [6.45, 7) is 0.623. The van der Waals surface area contributed by atoms with Gasteiger partial charge >= 0.3 is 0 Å². The Kier molecular flexibility index (Phi) is 5.35. The monoisotopic (exact) mass is 430 g/mol. The fraction of sp³-hybridized carbons (Fsp3) is 0.100. The van der Waals surface area contributed by atoms with Crippen molar-refractivity contribution in [2.75, 3.05) is 12.8 Å². The third-order valence-corrected chi connectivity index (χ3v) is 5.99. The van der Waals surface area contributed by atoms with Crippen molar-refractivity contribution in [2.24, 2.45) is 0 Å². The molecule has 5 nitrogen and oxygen atoms in total. The minimum atomic E-state index is 0.398. The van der Waals surface area contributed by atoms with Crippen LogP contribution in [0.15, 0.2) is 64.8 Å². The van der Waals surface area contributed by atoms with Crippen LogP contribution in [0.5, 0.6) is 5.75 Å². The molecule has 0 aliphatic rings. The molecule has 0 fully saturated rings. The van der Waals surface area contributed by atoms with Crippen LogP contribution in [0.1, 0.15) is 5.56 Å². The summed E-state index contributed by atoms with van der Waals surface area (Å²) in [6.07, 6.45) is 1.69. The number of rotatable bonds is 5. The highest BCUT2D eigenvalue weighted by atomic mass is 35.5. The van der Waals surface area contributed by atoms with Crippen molar-refractivity contribution in [3.63, 3.8) is 0 Å². The van der Waals surface area contributed by atoms with Crippen molar-refractivity contribution in [3.05, 3.63) is 70.3 Å². The number of hydrogen-bond acceptors (Lipinski definition) is 5. The predicted molar refractivity (Wildman–Crippen MR) is 115 cm³/mol. The Morgan fingerprint density at radius 2 is 1.89 bits per heavy atom. The highest BCUT2D eigenvalue weighted by molar-refractivity contribution is 7.99. The van der Waals surface area contributed by atoms with E-state index in [0.29, 0.717) is 27.9 Å². The van der Waals surface area contributed by atoms with Gasteiger partial charge in [0.2, 0.25) is 0 Å². The van der Waals surface area contributed by atoms with E-state index >= 15 is 0 Å². The minimum absolute atomic E-state index is 0.398. The Hall–Kier alpha value is -2.41. The van der Waals surface area contributed by atoms with Crippen LogP contribution >= 0.6 is 35.0 Å². The first-order chi connectivity index (χ1) is 13.5. The smallest absolute Gasteiger partial charge is 0.174 e. The molecular formula is C20H16Cl2N4OS. The fourth-order valence-electron chi connectivity index (χ4n) is 2.85. The molecule has 0 unspecified atom stereocenters. The molecule has 0 spiro atoms. The van der Waals surface area contributed by atoms with Crippen LogP contribution in [-0.2, 0) is 6.54 Å². The number of methoxy groups -OCH3 is 1. The number of nitrogens with two attached hydrogens (primary N) is 1. The molecule has 142 valence electrons. The highest BCUT2D eigenvalue weighted by Crippen LogP contribution is 2.36. The second-order valence-electron chi connectivity index (χ2n) is 6.07. The number of ether oxygens (including phenoxy) is 1. The van der Waals surface area contributed by atoms with Gasteiger partial charge in [0, 0.05) is 16.1 Å². The van der Waals surface area contributed by atoms with Gasteiger partial charge in [0.05, 0.1) is 24.2 Å². The van der Waals surface area contributed by atoms with Crippen LogP contribution in [0.25, 0.3) is 11.0 Å². The van der Waals surface area contributed by atoms with Crippen molar-refractivity contribution < 1.29 is 4.74 Å². The maximum Gasteiger partial charge on any atom is 0.174 e. The van der Waals surface area contributed by atoms with Crippen molar-refractivity contribution in [1.82, 2.24) is 14.5 Å². The first-order valence-corrected chi connectivity index (χ1v) is 9.99. The Morgan fingerprint density at radius 1 is 1.11 bits per heavy atom. The van der Waals surface area contributed by atoms with Crippen LogP contribution < -0.4 is 10.5 Å². The summed E-state index contributed by atoms with van der Waals surface area (Å²) in [5, 5.41) is 1.94. The summed E-state index contributed by atoms with van der Waals surface area (Å²) in [6, 6.07) is 15.3. The molecule has 2 N–H and O–H groups in total. The zero-order valence-corrected chi connectivity index (χ0v) is 17.2. The van der Waals surface area contributed by atoms with Crippen LogP contribution in [0, 0.1) is 0 Å². The summed E-state index contributed by atoms with van der Waals surface area (Å²) in [5.41, 5.74) is 8.75. The SMILES string of the molecule is COc1ccc(Cn2c(Sc3ccc(Cl)cc3Cl)nc3c(N)nccc32)cc1. The van der Waals surface area contributed by atoms with Gasteiger partial charge < -0.3 is 15.0 Å². The van der Waals surface area contributed by atoms with Gasteiger partial charge in [-0.1, -0.05) is 47.1 Å². The van der Waals surface area contributed by atoms with E-state index in [0.717, 1.165) is 26.9 Å². The topological polar surface area (TPSA) is 66.0 Å². The van der Waals surface area contributed by atoms with Crippen LogP contribution in [0.3, 0.4) is 0 Å². The number of nitrogens with zero attached hydrogens (tertiary/aromatic N) is 3. The average Bonchev–Trinajstić information content (AvgIpc) is 3.03. The quantitative estimate of drug-likeness (QED) is 0.450. The average molecular weight is 431 g/mol. The fourth-order valence-corrected chi connectivity index (χ4v) is 4.27. The molecular weight excluding hydrogens is 415 g/mol. The molecule has 0 saturated heterocycles. The molecule has 0 amide bonds. The second-order valence-corrected chi connectivity index (χ2v) is 7.92. The number of fused-ring (bicyclic) bond motifs is 1. The molecule has 0 radical (unpaired) electrons. The molecule has 0 atom stereocenters. The third-order valence-electron chi connectivity index (χ3n) is 4.26. The van der Waals surface area contributed by atoms with Gasteiger partial charge in [0.15, 0.2) is 11.0 Å². The van der Waals surface area contributed by atoms with Gasteiger partial charge in [0.25, 0.3) is 0 Å². The lowest BCUT2D eigenvalue weighted by atomic mass is 10.2. The largest absolute Gasteiger partial charge is 0.497 e. The number of hydrogen-bond donors (Lipinski definition) is 1. The van der Waals surface area contributed by atoms with Crippen LogP contribution in [0.2, 0.25) is 10.0 Å². The van der Waals surface area contributed by atoms with Gasteiger partial charge in [-0.15, -0.1) is 0 Å². The number of halogens is 2. The van der Waals surface area contributed by atoms with E-state index in [1.165, 1.54) is 11.8 Å². The normalized spacial score (nSPS) is 11.1. The predicted octanol–water partition coefficient (Wildman–Crippen LogP) is 5.53. The summed E-state index contributed by atoms with van der Waals surface area (Å²) < 4.78 is 7.34. The van der Waals surface area contributed by atoms with Gasteiger partial charge in [-0.05, 0) is 42.0 Å². The summed E-state index contributed by atoms with van der Waals surface area (Å²) in [4.78, 5) is 9.75. The van der Waals surface area contributed by atoms with Crippen molar-refractivity contribution in [1.29, 1.82) is 0 Å². The van der Waals surface area contributed by atoms with Crippen molar-refractivity contribution in [3.8, 4) is 5.75 Å². The summed E-state index contributed by atoms with van der Waals surface area (Å²) in [7, 11) is 1.65. The molecule has 0 bridgehead atoms. The Labute approximate surface area is 176 Å². The number of imidazole rings is 1. The summed E-state index contributed by atoms with van der Waals surface area (Å²) >= 11 is 13.8. The van der Waals surface area contributed by atoms with E-state index in [2.05, 4.69) is 9.55 Å². The molecule has 4 rings (SSSR count). The molecule has 0 aliphatic carbocycles. The zero-order chi connectivity index (χ0) is 19.7. The van der Waals surface area contributed by atoms with E-state index in [1.54, 1.807) is 19.4 Å². The van der Waals surface area contributed by atoms with Crippen LogP contribution in [0.4, 0.5) is 5.82 Å². The molecule has 28 heavy (non-hydrogen) atoms. The standard InChI is InChI=1S/C20H16Cl2N4OS/c1-27-14-5-2-12(3-6-14)11-26-16-8-9-24-19(23)18(16)25-20(26)28-17-7-4-13(21)10-15(17)22/h2-10H,11H2,1H3,(H2,23,24). The first kappa shape index (κ1) is 18.9. The number of aromatic nitrogens is 3. The first-order valence-electron chi connectivity index (χ1n) is 8.41. The maximum absolute atomic E-state index is 6.36. The van der Waals surface area contributed by atoms with E-state index in [-0.39, 0.29) is 0 Å². The maximum atomic E-state index is 6.36. The van der Waals surface area contributed by atoms with E-state index in [1.807, 2.05) is 42.5 Å². The summed E-state index contributed by atoms with van der Waals surface area (Å²) in [5.74, 6) is 1.21. The van der Waals surface area contributed by atoms with Gasteiger partial charge in [0.1, 0.15) is 11.3 Å². The molecule has 8 heteroatoms. The lowest BCUT2D eigenvalue weighted by molar-refractivity contribution is 0.414. The van der Waals surface area contributed by atoms with Gasteiger partial charge in [-0.2, -0.15) is 0 Å². The number of pyridine rings is 1. The highest BCUT2D eigenvalue weighted by Gasteiger charge is 2.16. The van der Waals surface area contributed by atoms with E-state index < -0.39 is 0 Å². The number of benzene rings is 2. The second kappa shape index (κ2) is 7.91. The Bertz CT molecular complexity index is 1150. The number of anilines is 1. The van der Waals surface area contributed by atoms with Crippen molar-refractivity contribution in [2.45, 2.75) is 16.6 Å².